The number of ether oxygens (including phenoxy) is 3. The number of para-hydroxylation sites is 1. The molecular weight excluding hydrogens is 332 g/mol. The van der Waals surface area contributed by atoms with E-state index in [4.69, 9.17) is 14.2 Å². The molecule has 0 amide bonds. The Labute approximate surface area is 157 Å². The van der Waals surface area contributed by atoms with E-state index in [1.807, 2.05) is 0 Å². The first-order chi connectivity index (χ1) is 12.3. The Morgan fingerprint density at radius 3 is 1.85 bits per heavy atom. The number of hydrogen-bond donors (Lipinski definition) is 0. The molecule has 0 bridgehead atoms. The van der Waals surface area contributed by atoms with Crippen LogP contribution in [0.4, 0.5) is 0 Å². The molecule has 1 aromatic rings. The van der Waals surface area contributed by atoms with Crippen molar-refractivity contribution in [2.75, 3.05) is 7.11 Å². The zero-order valence-corrected chi connectivity index (χ0v) is 16.7. The second-order valence-electron chi connectivity index (χ2n) is 7.31. The summed E-state index contributed by atoms with van der Waals surface area (Å²) in [5.74, 6) is 1.15. The highest BCUT2D eigenvalue weighted by molar-refractivity contribution is 5.77. The van der Waals surface area contributed by atoms with E-state index in [-0.39, 0.29) is 23.4 Å². The third-order valence-electron chi connectivity index (χ3n) is 3.93. The van der Waals surface area contributed by atoms with Crippen LogP contribution in [-0.4, -0.2) is 19.0 Å². The summed E-state index contributed by atoms with van der Waals surface area (Å²) in [4.78, 5) is 24.2. The molecule has 1 rings (SSSR count). The molecule has 0 aliphatic carbocycles. The van der Waals surface area contributed by atoms with Gasteiger partial charge >= 0.3 is 11.9 Å². The number of rotatable bonds is 11. The molecule has 0 unspecified atom stereocenters. The van der Waals surface area contributed by atoms with E-state index < -0.39 is 0 Å². The van der Waals surface area contributed by atoms with Gasteiger partial charge in [-0.05, 0) is 36.8 Å². The molecule has 0 N–H and O–H groups in total. The Morgan fingerprint density at radius 1 is 0.846 bits per heavy atom. The Morgan fingerprint density at radius 2 is 1.35 bits per heavy atom. The lowest BCUT2D eigenvalue weighted by molar-refractivity contribution is -0.137. The minimum Gasteiger partial charge on any atom is -0.493 e. The van der Waals surface area contributed by atoms with Gasteiger partial charge in [0.25, 0.3) is 0 Å². The summed E-state index contributed by atoms with van der Waals surface area (Å²) in [5.41, 5.74) is 0. The smallest absolute Gasteiger partial charge is 0.311 e. The summed E-state index contributed by atoms with van der Waals surface area (Å²) in [5, 5.41) is 0. The standard InChI is InChI=1S/C21H32O5/c1-15(2)9-6-13-19(22)25-18-12-8-11-17(24-5)21(18)26-20(23)14-7-10-16(3)4/h8,11-12,15-16H,6-7,9-10,13-14H2,1-5H3. The molecule has 0 aliphatic rings. The van der Waals surface area contributed by atoms with Crippen molar-refractivity contribution in [3.05, 3.63) is 18.2 Å². The fourth-order valence-electron chi connectivity index (χ4n) is 2.49. The van der Waals surface area contributed by atoms with Crippen LogP contribution in [0.2, 0.25) is 0 Å². The Kier molecular flexibility index (Phi) is 9.78. The molecule has 0 saturated heterocycles. The van der Waals surface area contributed by atoms with Crippen molar-refractivity contribution in [1.29, 1.82) is 0 Å². The van der Waals surface area contributed by atoms with E-state index in [0.717, 1.165) is 25.7 Å². The van der Waals surface area contributed by atoms with Gasteiger partial charge in [0.05, 0.1) is 7.11 Å². The van der Waals surface area contributed by atoms with Crippen molar-refractivity contribution >= 4 is 11.9 Å². The molecule has 0 spiro atoms. The molecule has 146 valence electrons. The quantitative estimate of drug-likeness (QED) is 0.401. The summed E-state index contributed by atoms with van der Waals surface area (Å²) < 4.78 is 16.1. The Bertz CT molecular complexity index is 578. The van der Waals surface area contributed by atoms with Crippen molar-refractivity contribution in [3.63, 3.8) is 0 Å². The van der Waals surface area contributed by atoms with Crippen LogP contribution in [0.3, 0.4) is 0 Å². The normalized spacial score (nSPS) is 10.9. The van der Waals surface area contributed by atoms with Gasteiger partial charge in [0.1, 0.15) is 0 Å². The molecule has 26 heavy (non-hydrogen) atoms. The monoisotopic (exact) mass is 364 g/mol. The molecule has 5 heteroatoms. The van der Waals surface area contributed by atoms with E-state index in [0.29, 0.717) is 30.4 Å². The van der Waals surface area contributed by atoms with Crippen LogP contribution in [0.15, 0.2) is 18.2 Å². The third kappa shape index (κ3) is 8.37. The maximum atomic E-state index is 12.1. The fourth-order valence-corrected chi connectivity index (χ4v) is 2.49. The maximum absolute atomic E-state index is 12.1. The molecule has 0 aliphatic heterocycles. The summed E-state index contributed by atoms with van der Waals surface area (Å²) >= 11 is 0. The largest absolute Gasteiger partial charge is 0.493 e. The van der Waals surface area contributed by atoms with Crippen LogP contribution in [0, 0.1) is 11.8 Å². The molecule has 5 nitrogen and oxygen atoms in total. The van der Waals surface area contributed by atoms with Gasteiger partial charge in [-0.25, -0.2) is 0 Å². The van der Waals surface area contributed by atoms with Gasteiger partial charge in [0.15, 0.2) is 11.5 Å². The van der Waals surface area contributed by atoms with Crippen LogP contribution in [0.1, 0.15) is 66.2 Å². The predicted molar refractivity (Wildman–Crippen MR) is 102 cm³/mol. The van der Waals surface area contributed by atoms with E-state index >= 15 is 0 Å². The Hall–Kier alpha value is -2.04. The van der Waals surface area contributed by atoms with Crippen LogP contribution < -0.4 is 14.2 Å². The number of hydrogen-bond acceptors (Lipinski definition) is 5. The molecule has 1 aromatic carbocycles. The number of carbonyl (C=O) groups is 2. The molecule has 0 heterocycles. The maximum Gasteiger partial charge on any atom is 0.311 e. The van der Waals surface area contributed by atoms with Crippen molar-refractivity contribution < 1.29 is 23.8 Å². The topological polar surface area (TPSA) is 61.8 Å². The van der Waals surface area contributed by atoms with Gasteiger partial charge in [0.2, 0.25) is 5.75 Å². The third-order valence-corrected chi connectivity index (χ3v) is 3.93. The lowest BCUT2D eigenvalue weighted by Crippen LogP contribution is -2.13. The number of carbonyl (C=O) groups excluding carboxylic acids is 2. The predicted octanol–water partition coefficient (Wildman–Crippen LogP) is 5.16. The zero-order chi connectivity index (χ0) is 19.5. The van der Waals surface area contributed by atoms with Crippen molar-refractivity contribution in [3.8, 4) is 17.2 Å². The second kappa shape index (κ2) is 11.6. The van der Waals surface area contributed by atoms with Gasteiger partial charge in [0, 0.05) is 12.8 Å². The highest BCUT2D eigenvalue weighted by Gasteiger charge is 2.18. The van der Waals surface area contributed by atoms with E-state index in [1.165, 1.54) is 7.11 Å². The Balaban J connectivity index is 2.74. The number of methoxy groups -OCH3 is 1. The van der Waals surface area contributed by atoms with Gasteiger partial charge in [-0.2, -0.15) is 0 Å². The first-order valence-electron chi connectivity index (χ1n) is 9.41. The molecule has 0 atom stereocenters. The highest BCUT2D eigenvalue weighted by atomic mass is 16.6. The van der Waals surface area contributed by atoms with Crippen molar-refractivity contribution in [2.45, 2.75) is 66.2 Å². The van der Waals surface area contributed by atoms with Gasteiger partial charge in [-0.1, -0.05) is 46.6 Å². The lowest BCUT2D eigenvalue weighted by atomic mass is 10.1. The average molecular weight is 364 g/mol. The van der Waals surface area contributed by atoms with Crippen molar-refractivity contribution in [1.82, 2.24) is 0 Å². The zero-order valence-electron chi connectivity index (χ0n) is 16.7. The van der Waals surface area contributed by atoms with Gasteiger partial charge in [-0.15, -0.1) is 0 Å². The van der Waals surface area contributed by atoms with E-state index in [9.17, 15) is 9.59 Å². The summed E-state index contributed by atoms with van der Waals surface area (Å²) in [6, 6.07) is 4.98. The number of benzene rings is 1. The molecule has 0 saturated carbocycles. The molecular formula is C21H32O5. The van der Waals surface area contributed by atoms with Crippen LogP contribution in [0.5, 0.6) is 17.2 Å². The van der Waals surface area contributed by atoms with Crippen molar-refractivity contribution in [2.24, 2.45) is 11.8 Å². The summed E-state index contributed by atoms with van der Waals surface area (Å²) in [6.45, 7) is 8.46. The van der Waals surface area contributed by atoms with Gasteiger partial charge in [-0.3, -0.25) is 9.59 Å². The summed E-state index contributed by atoms with van der Waals surface area (Å²) in [6.07, 6.45) is 4.10. The van der Waals surface area contributed by atoms with E-state index in [2.05, 4.69) is 27.7 Å². The van der Waals surface area contributed by atoms with E-state index in [1.54, 1.807) is 18.2 Å². The number of esters is 2. The van der Waals surface area contributed by atoms with Crippen LogP contribution in [-0.2, 0) is 9.59 Å². The van der Waals surface area contributed by atoms with Crippen LogP contribution >= 0.6 is 0 Å². The SMILES string of the molecule is COc1cccc(OC(=O)CCCC(C)C)c1OC(=O)CCCC(C)C. The molecule has 0 radical (unpaired) electrons. The molecule has 0 aromatic heterocycles. The first-order valence-corrected chi connectivity index (χ1v) is 9.41. The summed E-state index contributed by atoms with van der Waals surface area (Å²) in [7, 11) is 1.49. The van der Waals surface area contributed by atoms with Crippen LogP contribution in [0.25, 0.3) is 0 Å². The lowest BCUT2D eigenvalue weighted by Gasteiger charge is -2.14. The fraction of sp³-hybridized carbons (Fsp3) is 0.619. The van der Waals surface area contributed by atoms with Gasteiger partial charge < -0.3 is 14.2 Å². The minimum absolute atomic E-state index is 0.168. The second-order valence-corrected chi connectivity index (χ2v) is 7.31. The minimum atomic E-state index is -0.354. The first kappa shape index (κ1) is 22.0. The molecule has 0 fully saturated rings. The highest BCUT2D eigenvalue weighted by Crippen LogP contribution is 2.37. The average Bonchev–Trinajstić information content (AvgIpc) is 2.55.